The molecule has 2 nitrogen and oxygen atoms in total. The predicted octanol–water partition coefficient (Wildman–Crippen LogP) is 3.59. The molecule has 0 amide bonds. The van der Waals surface area contributed by atoms with E-state index in [1.165, 1.54) is 25.7 Å². The molecule has 2 heteroatoms. The Bertz CT molecular complexity index is 261. The molecule has 0 atom stereocenters. The molecule has 0 aromatic heterocycles. The van der Waals surface area contributed by atoms with Crippen molar-refractivity contribution in [2.75, 3.05) is 13.1 Å². The van der Waals surface area contributed by atoms with Crippen LogP contribution < -0.4 is 0 Å². The highest BCUT2D eigenvalue weighted by molar-refractivity contribution is 6.18. The maximum absolute atomic E-state index is 4.49. The molecule has 0 heterocycles. The van der Waals surface area contributed by atoms with Gasteiger partial charge in [0.25, 0.3) is 0 Å². The monoisotopic (exact) mass is 218 g/mol. The van der Waals surface area contributed by atoms with E-state index in [1.807, 2.05) is 0 Å². The average Bonchev–Trinajstić information content (AvgIpc) is 2.32. The molecular weight excluding hydrogens is 196 g/mol. The standard InChI is InChI=1S/C14H22N2/c1-3-5-11-15-13-7-9-14(10-8-13)16-12-6-4-2/h7-10H,3-6,11-12H2,1-2H3. The van der Waals surface area contributed by atoms with Crippen molar-refractivity contribution in [3.63, 3.8) is 0 Å². The van der Waals surface area contributed by atoms with Gasteiger partial charge >= 0.3 is 0 Å². The van der Waals surface area contributed by atoms with Gasteiger partial charge in [-0.15, -0.1) is 0 Å². The zero-order valence-electron chi connectivity index (χ0n) is 10.4. The van der Waals surface area contributed by atoms with Gasteiger partial charge in [0, 0.05) is 13.1 Å². The van der Waals surface area contributed by atoms with Crippen molar-refractivity contribution in [2.24, 2.45) is 9.98 Å². The first kappa shape index (κ1) is 12.9. The summed E-state index contributed by atoms with van der Waals surface area (Å²) in [6, 6.07) is 0. The molecule has 0 bridgehead atoms. The minimum absolute atomic E-state index is 0.933. The van der Waals surface area contributed by atoms with Crippen LogP contribution in [0, 0.1) is 0 Å². The number of allylic oxidation sites excluding steroid dienone is 4. The maximum Gasteiger partial charge on any atom is 0.0575 e. The summed E-state index contributed by atoms with van der Waals surface area (Å²) in [5.41, 5.74) is 2.14. The van der Waals surface area contributed by atoms with E-state index in [9.17, 15) is 0 Å². The SMILES string of the molecule is CCCCN=C1C=CC(=NCCCC)C=C1. The van der Waals surface area contributed by atoms with Crippen LogP contribution in [0.5, 0.6) is 0 Å². The highest BCUT2D eigenvalue weighted by Gasteiger charge is 1.97. The largest absolute Gasteiger partial charge is 0.285 e. The third kappa shape index (κ3) is 5.06. The summed E-state index contributed by atoms with van der Waals surface area (Å²) in [4.78, 5) is 8.98. The summed E-state index contributed by atoms with van der Waals surface area (Å²) in [6.45, 7) is 6.24. The van der Waals surface area contributed by atoms with Crippen molar-refractivity contribution in [1.29, 1.82) is 0 Å². The molecule has 0 N–H and O–H groups in total. The van der Waals surface area contributed by atoms with Crippen molar-refractivity contribution in [2.45, 2.75) is 39.5 Å². The van der Waals surface area contributed by atoms with Crippen LogP contribution in [-0.2, 0) is 0 Å². The van der Waals surface area contributed by atoms with E-state index >= 15 is 0 Å². The molecule has 0 radical (unpaired) electrons. The summed E-state index contributed by atoms with van der Waals surface area (Å²) < 4.78 is 0. The fourth-order valence-electron chi connectivity index (χ4n) is 1.40. The second-order valence-electron chi connectivity index (χ2n) is 3.99. The third-order valence-corrected chi connectivity index (χ3v) is 2.46. The molecule has 1 aliphatic rings. The summed E-state index contributed by atoms with van der Waals surface area (Å²) in [5.74, 6) is 0. The molecule has 0 unspecified atom stereocenters. The number of nitrogens with zero attached hydrogens (tertiary/aromatic N) is 2. The molecule has 0 saturated carbocycles. The Hall–Kier alpha value is -1.18. The Morgan fingerprint density at radius 2 is 1.12 bits per heavy atom. The van der Waals surface area contributed by atoms with Crippen LogP contribution in [0.3, 0.4) is 0 Å². The lowest BCUT2D eigenvalue weighted by Crippen LogP contribution is -2.01. The molecule has 0 fully saturated rings. The lowest BCUT2D eigenvalue weighted by molar-refractivity contribution is 0.808. The number of rotatable bonds is 6. The van der Waals surface area contributed by atoms with E-state index in [0.29, 0.717) is 0 Å². The van der Waals surface area contributed by atoms with E-state index in [0.717, 1.165) is 24.5 Å². The minimum Gasteiger partial charge on any atom is -0.285 e. The van der Waals surface area contributed by atoms with Gasteiger partial charge < -0.3 is 0 Å². The van der Waals surface area contributed by atoms with Gasteiger partial charge in [-0.25, -0.2) is 0 Å². The summed E-state index contributed by atoms with van der Waals surface area (Å²) in [7, 11) is 0. The quantitative estimate of drug-likeness (QED) is 0.481. The van der Waals surface area contributed by atoms with Crippen molar-refractivity contribution in [3.05, 3.63) is 24.3 Å². The molecule has 1 rings (SSSR count). The number of aliphatic imine (C=N–C) groups is 2. The highest BCUT2D eigenvalue weighted by Crippen LogP contribution is 2.00. The van der Waals surface area contributed by atoms with Gasteiger partial charge in [-0.3, -0.25) is 9.98 Å². The van der Waals surface area contributed by atoms with Crippen LogP contribution in [0.15, 0.2) is 34.3 Å². The second-order valence-corrected chi connectivity index (χ2v) is 3.99. The Morgan fingerprint density at radius 3 is 1.44 bits per heavy atom. The minimum atomic E-state index is 0.933. The number of hydrogen-bond donors (Lipinski definition) is 0. The van der Waals surface area contributed by atoms with Crippen LogP contribution in [0.25, 0.3) is 0 Å². The average molecular weight is 218 g/mol. The molecule has 0 aromatic rings. The Balaban J connectivity index is 2.39. The third-order valence-electron chi connectivity index (χ3n) is 2.46. The molecule has 1 aliphatic carbocycles. The first-order chi connectivity index (χ1) is 7.86. The van der Waals surface area contributed by atoms with Crippen LogP contribution in [0.1, 0.15) is 39.5 Å². The van der Waals surface area contributed by atoms with Gasteiger partial charge in [-0.2, -0.15) is 0 Å². The van der Waals surface area contributed by atoms with E-state index in [-0.39, 0.29) is 0 Å². The van der Waals surface area contributed by atoms with Crippen molar-refractivity contribution < 1.29 is 0 Å². The van der Waals surface area contributed by atoms with Crippen molar-refractivity contribution >= 4 is 11.4 Å². The predicted molar refractivity (Wildman–Crippen MR) is 72.7 cm³/mol. The Morgan fingerprint density at radius 1 is 0.750 bits per heavy atom. The molecular formula is C14H22N2. The molecule has 0 spiro atoms. The molecule has 0 saturated heterocycles. The van der Waals surface area contributed by atoms with E-state index < -0.39 is 0 Å². The lowest BCUT2D eigenvalue weighted by atomic mass is 10.1. The summed E-state index contributed by atoms with van der Waals surface area (Å²) in [5, 5.41) is 0. The maximum atomic E-state index is 4.49. The molecule has 0 aromatic carbocycles. The smallest absolute Gasteiger partial charge is 0.0575 e. The molecule has 88 valence electrons. The van der Waals surface area contributed by atoms with Gasteiger partial charge in [-0.1, -0.05) is 26.7 Å². The van der Waals surface area contributed by atoms with Crippen molar-refractivity contribution in [3.8, 4) is 0 Å². The van der Waals surface area contributed by atoms with Crippen molar-refractivity contribution in [1.82, 2.24) is 0 Å². The van der Waals surface area contributed by atoms with Gasteiger partial charge in [0.1, 0.15) is 0 Å². The van der Waals surface area contributed by atoms with Gasteiger partial charge in [0.2, 0.25) is 0 Å². The highest BCUT2D eigenvalue weighted by atomic mass is 14.7. The molecule has 0 aliphatic heterocycles. The number of unbranched alkanes of at least 4 members (excludes halogenated alkanes) is 2. The van der Waals surface area contributed by atoms with Crippen LogP contribution in [0.4, 0.5) is 0 Å². The van der Waals surface area contributed by atoms with Crippen LogP contribution in [0.2, 0.25) is 0 Å². The summed E-state index contributed by atoms with van der Waals surface area (Å²) >= 11 is 0. The van der Waals surface area contributed by atoms with Gasteiger partial charge in [-0.05, 0) is 37.1 Å². The number of hydrogen-bond acceptors (Lipinski definition) is 2. The van der Waals surface area contributed by atoms with E-state index in [2.05, 4.69) is 48.1 Å². The zero-order chi connectivity index (χ0) is 11.6. The fraction of sp³-hybridized carbons (Fsp3) is 0.571. The Kier molecular flexibility index (Phi) is 6.47. The molecule has 16 heavy (non-hydrogen) atoms. The van der Waals surface area contributed by atoms with Crippen LogP contribution in [-0.4, -0.2) is 24.5 Å². The lowest BCUT2D eigenvalue weighted by Gasteiger charge is -2.02. The van der Waals surface area contributed by atoms with Gasteiger partial charge in [0.05, 0.1) is 11.4 Å². The Labute approximate surface area is 98.9 Å². The van der Waals surface area contributed by atoms with Gasteiger partial charge in [0.15, 0.2) is 0 Å². The summed E-state index contributed by atoms with van der Waals surface area (Å²) in [6.07, 6.45) is 13.0. The normalized spacial score (nSPS) is 14.4. The topological polar surface area (TPSA) is 24.7 Å². The first-order valence-corrected chi connectivity index (χ1v) is 6.32. The van der Waals surface area contributed by atoms with E-state index in [4.69, 9.17) is 0 Å². The fourth-order valence-corrected chi connectivity index (χ4v) is 1.40. The zero-order valence-corrected chi connectivity index (χ0v) is 10.4. The first-order valence-electron chi connectivity index (χ1n) is 6.32. The van der Waals surface area contributed by atoms with Crippen LogP contribution >= 0.6 is 0 Å². The second kappa shape index (κ2) is 8.03. The van der Waals surface area contributed by atoms with E-state index in [1.54, 1.807) is 0 Å².